The Morgan fingerprint density at radius 3 is 2.60 bits per heavy atom. The van der Waals surface area contributed by atoms with Crippen LogP contribution < -0.4 is 5.32 Å². The minimum atomic E-state index is -0.490. The van der Waals surface area contributed by atoms with Crippen molar-refractivity contribution in [1.82, 2.24) is 10.2 Å². The number of carbonyl (C=O) groups excluding carboxylic acids is 2. The Balaban J connectivity index is 1.95. The van der Waals surface area contributed by atoms with E-state index in [1.807, 2.05) is 13.8 Å². The molecule has 1 fully saturated rings. The van der Waals surface area contributed by atoms with Crippen LogP contribution in [0.15, 0.2) is 24.3 Å². The van der Waals surface area contributed by atoms with Gasteiger partial charge in [-0.2, -0.15) is 0 Å². The maximum absolute atomic E-state index is 12.0. The summed E-state index contributed by atoms with van der Waals surface area (Å²) in [5.41, 5.74) is 0.0459. The molecule has 1 aliphatic rings. The molecule has 6 heteroatoms. The third kappa shape index (κ3) is 3.22. The molecule has 108 valence electrons. The van der Waals surface area contributed by atoms with E-state index in [0.29, 0.717) is 30.3 Å². The van der Waals surface area contributed by atoms with Crippen LogP contribution in [0.25, 0.3) is 0 Å². The fourth-order valence-corrected chi connectivity index (χ4v) is 2.16. The Morgan fingerprint density at radius 1 is 1.40 bits per heavy atom. The molecule has 0 aliphatic carbocycles. The van der Waals surface area contributed by atoms with E-state index in [9.17, 15) is 9.59 Å². The summed E-state index contributed by atoms with van der Waals surface area (Å²) in [5.74, 6) is -0.192. The van der Waals surface area contributed by atoms with Crippen molar-refractivity contribution in [3.05, 3.63) is 34.9 Å². The summed E-state index contributed by atoms with van der Waals surface area (Å²) in [6.45, 7) is 5.07. The number of amides is 2. The van der Waals surface area contributed by atoms with E-state index in [0.717, 1.165) is 0 Å². The molecule has 5 nitrogen and oxygen atoms in total. The van der Waals surface area contributed by atoms with Crippen molar-refractivity contribution in [1.29, 1.82) is 0 Å². The molecule has 0 aromatic heterocycles. The highest BCUT2D eigenvalue weighted by molar-refractivity contribution is 6.30. The zero-order valence-corrected chi connectivity index (χ0v) is 12.2. The van der Waals surface area contributed by atoms with Crippen LogP contribution in [0.4, 0.5) is 4.79 Å². The molecule has 20 heavy (non-hydrogen) atoms. The highest BCUT2D eigenvalue weighted by atomic mass is 35.5. The van der Waals surface area contributed by atoms with Crippen LogP contribution in [-0.4, -0.2) is 42.1 Å². The van der Waals surface area contributed by atoms with Gasteiger partial charge in [0.05, 0.1) is 12.1 Å². The minimum absolute atomic E-state index is 0.192. The molecular weight excluding hydrogens is 280 g/mol. The average Bonchev–Trinajstić information content (AvgIpc) is 2.84. The second kappa shape index (κ2) is 5.71. The van der Waals surface area contributed by atoms with Crippen molar-refractivity contribution in [2.24, 2.45) is 0 Å². The molecule has 1 heterocycles. The van der Waals surface area contributed by atoms with Crippen LogP contribution in [0.1, 0.15) is 24.2 Å². The van der Waals surface area contributed by atoms with Gasteiger partial charge in [0.15, 0.2) is 0 Å². The molecule has 1 aromatic carbocycles. The summed E-state index contributed by atoms with van der Waals surface area (Å²) in [4.78, 5) is 25.2. The zero-order chi connectivity index (χ0) is 14.8. The number of rotatable bonds is 4. The monoisotopic (exact) mass is 296 g/mol. The number of hydrogen-bond acceptors (Lipinski definition) is 3. The van der Waals surface area contributed by atoms with Gasteiger partial charge in [0.25, 0.3) is 5.91 Å². The first-order valence-corrected chi connectivity index (χ1v) is 6.76. The number of benzene rings is 1. The van der Waals surface area contributed by atoms with Crippen LogP contribution in [0.2, 0.25) is 5.02 Å². The summed E-state index contributed by atoms with van der Waals surface area (Å²) in [7, 11) is 0. The van der Waals surface area contributed by atoms with Gasteiger partial charge in [-0.05, 0) is 38.1 Å². The molecule has 0 atom stereocenters. The summed E-state index contributed by atoms with van der Waals surface area (Å²) < 4.78 is 4.92. The van der Waals surface area contributed by atoms with Gasteiger partial charge in [0, 0.05) is 17.1 Å². The van der Waals surface area contributed by atoms with Gasteiger partial charge in [-0.15, -0.1) is 0 Å². The summed E-state index contributed by atoms with van der Waals surface area (Å²) in [6, 6.07) is 6.66. The molecule has 0 spiro atoms. The zero-order valence-electron chi connectivity index (χ0n) is 11.5. The topological polar surface area (TPSA) is 58.6 Å². The summed E-state index contributed by atoms with van der Waals surface area (Å²) in [5, 5.41) is 3.41. The lowest BCUT2D eigenvalue weighted by molar-refractivity contribution is 0.0903. The molecule has 1 aromatic rings. The van der Waals surface area contributed by atoms with Crippen molar-refractivity contribution in [2.75, 3.05) is 19.7 Å². The SMILES string of the molecule is CC(C)(CNC(=O)c1ccc(Cl)cc1)N1CCOC1=O. The second-order valence-corrected chi connectivity index (χ2v) is 5.70. The third-order valence-corrected chi connectivity index (χ3v) is 3.53. The van der Waals surface area contributed by atoms with Gasteiger partial charge in [-0.3, -0.25) is 9.69 Å². The molecule has 0 unspecified atom stereocenters. The van der Waals surface area contributed by atoms with Crippen LogP contribution in [0, 0.1) is 0 Å². The number of carbonyl (C=O) groups is 2. The maximum atomic E-state index is 12.0. The quantitative estimate of drug-likeness (QED) is 0.927. The number of cyclic esters (lactones) is 1. The first-order chi connectivity index (χ1) is 9.40. The second-order valence-electron chi connectivity index (χ2n) is 5.27. The fraction of sp³-hybridized carbons (Fsp3) is 0.429. The van der Waals surface area contributed by atoms with Gasteiger partial charge >= 0.3 is 6.09 Å². The maximum Gasteiger partial charge on any atom is 0.410 e. The number of nitrogens with one attached hydrogen (secondary N) is 1. The van der Waals surface area contributed by atoms with Crippen LogP contribution in [-0.2, 0) is 4.74 Å². The van der Waals surface area contributed by atoms with Crippen molar-refractivity contribution >= 4 is 23.6 Å². The Kier molecular flexibility index (Phi) is 4.18. The standard InChI is InChI=1S/C14H17ClN2O3/c1-14(2,17-7-8-20-13(17)19)9-16-12(18)10-3-5-11(15)6-4-10/h3-6H,7-9H2,1-2H3,(H,16,18). The first-order valence-electron chi connectivity index (χ1n) is 6.38. The number of nitrogens with zero attached hydrogens (tertiary/aromatic N) is 1. The van der Waals surface area contributed by atoms with E-state index in [2.05, 4.69) is 5.32 Å². The predicted octanol–water partition coefficient (Wildman–Crippen LogP) is 2.30. The Morgan fingerprint density at radius 2 is 2.05 bits per heavy atom. The van der Waals surface area contributed by atoms with Gasteiger partial charge in [-0.1, -0.05) is 11.6 Å². The lowest BCUT2D eigenvalue weighted by Gasteiger charge is -2.33. The minimum Gasteiger partial charge on any atom is -0.448 e. The van der Waals surface area contributed by atoms with Crippen molar-refractivity contribution in [3.63, 3.8) is 0 Å². The Bertz CT molecular complexity index is 514. The molecule has 1 N–H and O–H groups in total. The van der Waals surface area contributed by atoms with Crippen molar-refractivity contribution in [3.8, 4) is 0 Å². The normalized spacial score (nSPS) is 15.2. The van der Waals surface area contributed by atoms with Gasteiger partial charge < -0.3 is 10.1 Å². The van der Waals surface area contributed by atoms with Crippen LogP contribution in [0.5, 0.6) is 0 Å². The highest BCUT2D eigenvalue weighted by Crippen LogP contribution is 2.18. The van der Waals surface area contributed by atoms with Crippen LogP contribution in [0.3, 0.4) is 0 Å². The van der Waals surface area contributed by atoms with Gasteiger partial charge in [0.2, 0.25) is 0 Å². The molecule has 2 amide bonds. The highest BCUT2D eigenvalue weighted by Gasteiger charge is 2.35. The molecular formula is C14H17ClN2O3. The largest absolute Gasteiger partial charge is 0.448 e. The number of hydrogen-bond donors (Lipinski definition) is 1. The van der Waals surface area contributed by atoms with Crippen LogP contribution >= 0.6 is 11.6 Å². The van der Waals surface area contributed by atoms with Gasteiger partial charge in [-0.25, -0.2) is 4.79 Å². The molecule has 0 radical (unpaired) electrons. The Labute approximate surface area is 122 Å². The lowest BCUT2D eigenvalue weighted by Crippen LogP contribution is -2.52. The third-order valence-electron chi connectivity index (χ3n) is 3.28. The van der Waals surface area contributed by atoms with E-state index < -0.39 is 5.54 Å². The van der Waals surface area contributed by atoms with Gasteiger partial charge in [0.1, 0.15) is 6.61 Å². The first kappa shape index (κ1) is 14.7. The lowest BCUT2D eigenvalue weighted by atomic mass is 10.0. The summed E-state index contributed by atoms with van der Waals surface area (Å²) >= 11 is 5.78. The van der Waals surface area contributed by atoms with E-state index in [1.165, 1.54) is 0 Å². The molecule has 0 bridgehead atoms. The predicted molar refractivity (Wildman–Crippen MR) is 75.9 cm³/mol. The van der Waals surface area contributed by atoms with E-state index in [4.69, 9.17) is 16.3 Å². The van der Waals surface area contributed by atoms with E-state index >= 15 is 0 Å². The molecule has 1 aliphatic heterocycles. The molecule has 1 saturated heterocycles. The summed E-state index contributed by atoms with van der Waals surface area (Å²) in [6.07, 6.45) is -0.337. The van der Waals surface area contributed by atoms with E-state index in [-0.39, 0.29) is 12.0 Å². The van der Waals surface area contributed by atoms with Crippen molar-refractivity contribution in [2.45, 2.75) is 19.4 Å². The fourth-order valence-electron chi connectivity index (χ4n) is 2.04. The number of halogens is 1. The Hall–Kier alpha value is -1.75. The van der Waals surface area contributed by atoms with E-state index in [1.54, 1.807) is 29.2 Å². The molecule has 2 rings (SSSR count). The van der Waals surface area contributed by atoms with Crippen molar-refractivity contribution < 1.29 is 14.3 Å². The molecule has 0 saturated carbocycles. The number of ether oxygens (including phenoxy) is 1. The average molecular weight is 297 g/mol. The smallest absolute Gasteiger partial charge is 0.410 e.